The van der Waals surface area contributed by atoms with E-state index in [1.165, 1.54) is 20.5 Å². The van der Waals surface area contributed by atoms with Crippen molar-refractivity contribution in [3.63, 3.8) is 0 Å². The first-order valence-electron chi connectivity index (χ1n) is 7.97. The molecule has 1 aromatic carbocycles. The minimum Gasteiger partial charge on any atom is -0.507 e. The van der Waals surface area contributed by atoms with E-state index < -0.39 is 5.97 Å². The Labute approximate surface area is 152 Å². The molecule has 0 saturated carbocycles. The fourth-order valence-electron chi connectivity index (χ4n) is 2.46. The van der Waals surface area contributed by atoms with Crippen molar-refractivity contribution in [1.29, 1.82) is 0 Å². The van der Waals surface area contributed by atoms with Crippen LogP contribution in [0.3, 0.4) is 0 Å². The number of methoxy groups -OCH3 is 2. The molecule has 0 fully saturated rings. The van der Waals surface area contributed by atoms with Crippen molar-refractivity contribution in [3.05, 3.63) is 52.3 Å². The van der Waals surface area contributed by atoms with Crippen LogP contribution in [0.2, 0.25) is 0 Å². The van der Waals surface area contributed by atoms with Crippen LogP contribution < -0.4 is 9.47 Å². The average molecular weight is 358 g/mol. The third kappa shape index (κ3) is 4.27. The quantitative estimate of drug-likeness (QED) is 0.714. The highest BCUT2D eigenvalue weighted by Gasteiger charge is 2.21. The van der Waals surface area contributed by atoms with Gasteiger partial charge in [-0.2, -0.15) is 0 Å². The minimum atomic E-state index is -1.21. The predicted octanol–water partition coefficient (Wildman–Crippen LogP) is 4.38. The number of aromatic hydroxyl groups is 1. The first kappa shape index (κ1) is 19.2. The third-order valence-electron chi connectivity index (χ3n) is 3.80. The maximum Gasteiger partial charge on any atom is 0.340 e. The SMILES string of the molecule is COc1cc(/C=C/c2cc(OC)c(CC=C(C)C)c(O)c2C(=O)O)co1. The van der Waals surface area contributed by atoms with Crippen LogP contribution >= 0.6 is 0 Å². The van der Waals surface area contributed by atoms with Crippen molar-refractivity contribution >= 4 is 18.1 Å². The van der Waals surface area contributed by atoms with Gasteiger partial charge in [-0.1, -0.05) is 23.8 Å². The molecular formula is C20H22O6. The molecule has 26 heavy (non-hydrogen) atoms. The predicted molar refractivity (Wildman–Crippen MR) is 98.9 cm³/mol. The van der Waals surface area contributed by atoms with Gasteiger partial charge in [0.2, 0.25) is 0 Å². The highest BCUT2D eigenvalue weighted by Crippen LogP contribution is 2.36. The molecule has 0 unspecified atom stereocenters. The van der Waals surface area contributed by atoms with Crippen molar-refractivity contribution < 1.29 is 28.9 Å². The monoisotopic (exact) mass is 358 g/mol. The molecule has 0 aliphatic heterocycles. The van der Waals surface area contributed by atoms with E-state index in [9.17, 15) is 15.0 Å². The smallest absolute Gasteiger partial charge is 0.340 e. The Bertz CT molecular complexity index is 853. The largest absolute Gasteiger partial charge is 0.507 e. The van der Waals surface area contributed by atoms with Gasteiger partial charge in [0.15, 0.2) is 0 Å². The van der Waals surface area contributed by atoms with E-state index in [1.807, 2.05) is 19.9 Å². The zero-order valence-electron chi connectivity index (χ0n) is 15.2. The average Bonchev–Trinajstić information content (AvgIpc) is 3.05. The second-order valence-corrected chi connectivity index (χ2v) is 5.90. The Morgan fingerprint density at radius 3 is 2.46 bits per heavy atom. The molecule has 0 saturated heterocycles. The molecule has 0 amide bonds. The maximum absolute atomic E-state index is 11.7. The number of aromatic carboxylic acids is 1. The zero-order valence-corrected chi connectivity index (χ0v) is 15.2. The molecular weight excluding hydrogens is 336 g/mol. The number of hydrogen-bond donors (Lipinski definition) is 2. The van der Waals surface area contributed by atoms with Gasteiger partial charge in [-0.25, -0.2) is 4.79 Å². The lowest BCUT2D eigenvalue weighted by atomic mass is 9.97. The van der Waals surface area contributed by atoms with Crippen LogP contribution in [0.4, 0.5) is 0 Å². The van der Waals surface area contributed by atoms with Gasteiger partial charge in [0.25, 0.3) is 5.95 Å². The lowest BCUT2D eigenvalue weighted by Gasteiger charge is -2.14. The van der Waals surface area contributed by atoms with Crippen LogP contribution in [0.1, 0.15) is 40.9 Å². The van der Waals surface area contributed by atoms with E-state index in [2.05, 4.69) is 0 Å². The number of furan rings is 1. The van der Waals surface area contributed by atoms with Gasteiger partial charge in [-0.15, -0.1) is 0 Å². The fraction of sp³-hybridized carbons (Fsp3) is 0.250. The Balaban J connectivity index is 2.52. The number of allylic oxidation sites excluding steroid dienone is 2. The molecule has 2 aromatic rings. The van der Waals surface area contributed by atoms with E-state index >= 15 is 0 Å². The summed E-state index contributed by atoms with van der Waals surface area (Å²) in [5.41, 5.74) is 2.35. The molecule has 0 aliphatic carbocycles. The summed E-state index contributed by atoms with van der Waals surface area (Å²) in [6.07, 6.45) is 7.01. The highest BCUT2D eigenvalue weighted by atomic mass is 16.6. The third-order valence-corrected chi connectivity index (χ3v) is 3.80. The molecule has 0 spiro atoms. The number of benzene rings is 1. The van der Waals surface area contributed by atoms with Crippen molar-refractivity contribution in [2.75, 3.05) is 14.2 Å². The standard InChI is InChI=1S/C20H22O6/c1-12(2)5-8-15-16(24-3)10-14(18(19(15)21)20(22)23)7-6-13-9-17(25-4)26-11-13/h5-7,9-11,21H,8H2,1-4H3,(H,22,23)/b7-6+. The molecule has 6 heteroatoms. The second kappa shape index (κ2) is 8.29. The molecule has 2 N–H and O–H groups in total. The summed E-state index contributed by atoms with van der Waals surface area (Å²) in [6.45, 7) is 3.86. The number of rotatable bonds is 7. The number of carboxylic acids is 1. The summed E-state index contributed by atoms with van der Waals surface area (Å²) >= 11 is 0. The first-order chi connectivity index (χ1) is 12.4. The molecule has 1 heterocycles. The topological polar surface area (TPSA) is 89.1 Å². The lowest BCUT2D eigenvalue weighted by Crippen LogP contribution is -2.04. The summed E-state index contributed by atoms with van der Waals surface area (Å²) in [6, 6.07) is 3.27. The van der Waals surface area contributed by atoms with Crippen LogP contribution in [0, 0.1) is 0 Å². The van der Waals surface area contributed by atoms with Gasteiger partial charge >= 0.3 is 5.97 Å². The Morgan fingerprint density at radius 1 is 1.19 bits per heavy atom. The van der Waals surface area contributed by atoms with Crippen molar-refractivity contribution in [3.8, 4) is 17.4 Å². The van der Waals surface area contributed by atoms with Crippen LogP contribution in [-0.4, -0.2) is 30.4 Å². The Morgan fingerprint density at radius 2 is 1.92 bits per heavy atom. The normalized spacial score (nSPS) is 10.8. The van der Waals surface area contributed by atoms with Gasteiger partial charge in [0, 0.05) is 17.2 Å². The van der Waals surface area contributed by atoms with Crippen molar-refractivity contribution in [1.82, 2.24) is 0 Å². The van der Waals surface area contributed by atoms with Crippen LogP contribution in [0.15, 0.2) is 34.5 Å². The molecule has 6 nitrogen and oxygen atoms in total. The van der Waals surface area contributed by atoms with E-state index in [0.717, 1.165) is 5.57 Å². The van der Waals surface area contributed by atoms with Gasteiger partial charge in [-0.05, 0) is 31.9 Å². The number of phenols is 1. The molecule has 0 aliphatic rings. The van der Waals surface area contributed by atoms with Gasteiger partial charge in [-0.3, -0.25) is 0 Å². The number of hydrogen-bond acceptors (Lipinski definition) is 5. The highest BCUT2D eigenvalue weighted by molar-refractivity contribution is 5.97. The van der Waals surface area contributed by atoms with Crippen LogP contribution in [-0.2, 0) is 6.42 Å². The lowest BCUT2D eigenvalue weighted by molar-refractivity contribution is 0.0693. The number of carbonyl (C=O) groups is 1. The first-order valence-corrected chi connectivity index (χ1v) is 7.97. The van der Waals surface area contributed by atoms with Gasteiger partial charge in [0.1, 0.15) is 23.3 Å². The Hall–Kier alpha value is -3.15. The van der Waals surface area contributed by atoms with E-state index in [1.54, 1.807) is 24.3 Å². The van der Waals surface area contributed by atoms with Gasteiger partial charge < -0.3 is 24.1 Å². The fourth-order valence-corrected chi connectivity index (χ4v) is 2.46. The number of carboxylic acid groups (broad SMARTS) is 1. The van der Waals surface area contributed by atoms with Crippen LogP contribution in [0.5, 0.6) is 17.4 Å². The van der Waals surface area contributed by atoms with E-state index in [4.69, 9.17) is 13.9 Å². The zero-order chi connectivity index (χ0) is 19.3. The molecule has 0 bridgehead atoms. The molecule has 0 radical (unpaired) electrons. The summed E-state index contributed by atoms with van der Waals surface area (Å²) in [7, 11) is 2.97. The summed E-state index contributed by atoms with van der Waals surface area (Å²) in [4.78, 5) is 11.7. The number of ether oxygens (including phenoxy) is 2. The summed E-state index contributed by atoms with van der Waals surface area (Å²) in [5.74, 6) is -0.734. The Kier molecular flexibility index (Phi) is 6.11. The van der Waals surface area contributed by atoms with E-state index in [0.29, 0.717) is 34.8 Å². The maximum atomic E-state index is 11.7. The van der Waals surface area contributed by atoms with Crippen molar-refractivity contribution in [2.24, 2.45) is 0 Å². The second-order valence-electron chi connectivity index (χ2n) is 5.90. The molecule has 0 atom stereocenters. The van der Waals surface area contributed by atoms with Gasteiger partial charge in [0.05, 0.1) is 14.2 Å². The van der Waals surface area contributed by atoms with Crippen molar-refractivity contribution in [2.45, 2.75) is 20.3 Å². The molecule has 2 rings (SSSR count). The van der Waals surface area contributed by atoms with E-state index in [-0.39, 0.29) is 11.3 Å². The van der Waals surface area contributed by atoms with Crippen LogP contribution in [0.25, 0.3) is 12.2 Å². The molecule has 1 aromatic heterocycles. The minimum absolute atomic E-state index is 0.172. The molecule has 138 valence electrons. The summed E-state index contributed by atoms with van der Waals surface area (Å²) < 4.78 is 15.5. The summed E-state index contributed by atoms with van der Waals surface area (Å²) in [5, 5.41) is 20.1.